The molecule has 0 radical (unpaired) electrons. The molecule has 0 aromatic carbocycles. The van der Waals surface area contributed by atoms with Crippen LogP contribution in [0.15, 0.2) is 0 Å². The predicted molar refractivity (Wildman–Crippen MR) is 62.9 cm³/mol. The van der Waals surface area contributed by atoms with E-state index in [4.69, 9.17) is 4.74 Å². The Hall–Kier alpha value is -0.990. The smallest absolute Gasteiger partial charge is 0.214 e. The van der Waals surface area contributed by atoms with Crippen molar-refractivity contribution in [2.75, 3.05) is 26.5 Å². The molecule has 0 amide bonds. The van der Waals surface area contributed by atoms with Gasteiger partial charge >= 0.3 is 0 Å². The van der Waals surface area contributed by atoms with Crippen LogP contribution in [0.4, 0.5) is 0 Å². The second-order valence-electron chi connectivity index (χ2n) is 3.76. The van der Waals surface area contributed by atoms with Crippen molar-refractivity contribution in [2.24, 2.45) is 0 Å². The number of aromatic amines is 1. The summed E-state index contributed by atoms with van der Waals surface area (Å²) in [5.41, 5.74) is 0. The largest absolute Gasteiger partial charge is 0.385 e. The fraction of sp³-hybridized carbons (Fsp3) is 0.778. The van der Waals surface area contributed by atoms with Gasteiger partial charge in [-0.25, -0.2) is 13.4 Å². The van der Waals surface area contributed by atoms with Crippen LogP contribution in [-0.4, -0.2) is 54.4 Å². The van der Waals surface area contributed by atoms with E-state index in [1.54, 1.807) is 14.0 Å². The molecule has 0 unspecified atom stereocenters. The monoisotopic (exact) mass is 262 g/mol. The highest BCUT2D eigenvalue weighted by molar-refractivity contribution is 7.89. The average molecular weight is 262 g/mol. The van der Waals surface area contributed by atoms with Crippen molar-refractivity contribution < 1.29 is 13.2 Å². The summed E-state index contributed by atoms with van der Waals surface area (Å²) in [4.78, 5) is 4.06. The molecule has 0 bridgehead atoms. The highest BCUT2D eigenvalue weighted by atomic mass is 32.2. The molecule has 0 atom stereocenters. The molecule has 0 aliphatic carbocycles. The number of hydrogen-bond acceptors (Lipinski definition) is 5. The SMILES string of the molecule is COCCCS(=O)(=O)N(C)Cc1n[nH]c(C)n1. The molecule has 8 heteroatoms. The van der Waals surface area contributed by atoms with Gasteiger partial charge in [0.15, 0.2) is 5.82 Å². The van der Waals surface area contributed by atoms with Crippen LogP contribution in [0.3, 0.4) is 0 Å². The fourth-order valence-electron chi connectivity index (χ4n) is 1.30. The fourth-order valence-corrected chi connectivity index (χ4v) is 2.41. The molecule has 98 valence electrons. The van der Waals surface area contributed by atoms with E-state index < -0.39 is 10.0 Å². The average Bonchev–Trinajstić information content (AvgIpc) is 2.64. The number of methoxy groups -OCH3 is 1. The Kier molecular flexibility index (Phi) is 5.03. The molecular weight excluding hydrogens is 244 g/mol. The van der Waals surface area contributed by atoms with Gasteiger partial charge < -0.3 is 4.74 Å². The minimum Gasteiger partial charge on any atom is -0.385 e. The lowest BCUT2D eigenvalue weighted by Crippen LogP contribution is -2.29. The summed E-state index contributed by atoms with van der Waals surface area (Å²) in [6.07, 6.45) is 0.482. The molecule has 0 aliphatic rings. The van der Waals surface area contributed by atoms with Crippen LogP contribution in [0.2, 0.25) is 0 Å². The lowest BCUT2D eigenvalue weighted by molar-refractivity contribution is 0.199. The molecule has 1 N–H and O–H groups in total. The van der Waals surface area contributed by atoms with E-state index in [9.17, 15) is 8.42 Å². The molecule has 0 saturated carbocycles. The Morgan fingerprint density at radius 3 is 2.71 bits per heavy atom. The molecule has 1 aromatic rings. The number of aryl methyl sites for hydroxylation is 1. The minimum atomic E-state index is -3.26. The van der Waals surface area contributed by atoms with E-state index in [1.165, 1.54) is 11.4 Å². The minimum absolute atomic E-state index is 0.0702. The number of ether oxygens (including phenoxy) is 1. The van der Waals surface area contributed by atoms with Gasteiger partial charge in [-0.15, -0.1) is 0 Å². The molecular formula is C9H18N4O3S. The number of rotatable bonds is 7. The molecule has 1 heterocycles. The summed E-state index contributed by atoms with van der Waals surface area (Å²) in [6, 6.07) is 0. The third kappa shape index (κ3) is 4.41. The van der Waals surface area contributed by atoms with Crippen LogP contribution in [-0.2, 0) is 21.3 Å². The maximum absolute atomic E-state index is 11.8. The van der Waals surface area contributed by atoms with Gasteiger partial charge in [-0.05, 0) is 13.3 Å². The lowest BCUT2D eigenvalue weighted by Gasteiger charge is -2.14. The first-order chi connectivity index (χ1) is 7.95. The van der Waals surface area contributed by atoms with Crippen molar-refractivity contribution in [3.05, 3.63) is 11.6 Å². The molecule has 1 rings (SSSR count). The van der Waals surface area contributed by atoms with Crippen LogP contribution in [0.5, 0.6) is 0 Å². The van der Waals surface area contributed by atoms with Gasteiger partial charge in [-0.1, -0.05) is 0 Å². The Balaban J connectivity index is 2.53. The zero-order valence-electron chi connectivity index (χ0n) is 10.3. The number of nitrogens with one attached hydrogen (secondary N) is 1. The van der Waals surface area contributed by atoms with Crippen molar-refractivity contribution in [3.63, 3.8) is 0 Å². The molecule has 0 saturated heterocycles. The van der Waals surface area contributed by atoms with Crippen molar-refractivity contribution in [1.29, 1.82) is 0 Å². The molecule has 0 aliphatic heterocycles. The second kappa shape index (κ2) is 6.08. The second-order valence-corrected chi connectivity index (χ2v) is 5.95. The number of aromatic nitrogens is 3. The van der Waals surface area contributed by atoms with Crippen molar-refractivity contribution in [2.45, 2.75) is 19.9 Å². The Morgan fingerprint density at radius 2 is 2.18 bits per heavy atom. The number of hydrogen-bond donors (Lipinski definition) is 1. The zero-order valence-corrected chi connectivity index (χ0v) is 11.1. The van der Waals surface area contributed by atoms with Crippen molar-refractivity contribution in [3.8, 4) is 0 Å². The Bertz CT molecular complexity index is 443. The van der Waals surface area contributed by atoms with Crippen LogP contribution < -0.4 is 0 Å². The van der Waals surface area contributed by atoms with Crippen LogP contribution in [0, 0.1) is 6.92 Å². The Morgan fingerprint density at radius 1 is 1.47 bits per heavy atom. The van der Waals surface area contributed by atoms with Crippen LogP contribution >= 0.6 is 0 Å². The van der Waals surface area contributed by atoms with E-state index in [1.807, 2.05) is 0 Å². The molecule has 7 nitrogen and oxygen atoms in total. The van der Waals surface area contributed by atoms with Gasteiger partial charge in [0.05, 0.1) is 12.3 Å². The zero-order chi connectivity index (χ0) is 12.9. The summed E-state index contributed by atoms with van der Waals surface area (Å²) >= 11 is 0. The van der Waals surface area contributed by atoms with Crippen molar-refractivity contribution in [1.82, 2.24) is 19.5 Å². The topological polar surface area (TPSA) is 88.2 Å². The molecule has 17 heavy (non-hydrogen) atoms. The van der Waals surface area contributed by atoms with Gasteiger partial charge in [-0.2, -0.15) is 9.40 Å². The molecule has 0 spiro atoms. The van der Waals surface area contributed by atoms with E-state index in [-0.39, 0.29) is 12.3 Å². The Labute approximate surface area is 101 Å². The number of nitrogens with zero attached hydrogens (tertiary/aromatic N) is 3. The first-order valence-electron chi connectivity index (χ1n) is 5.26. The van der Waals surface area contributed by atoms with Gasteiger partial charge in [-0.3, -0.25) is 5.10 Å². The predicted octanol–water partition coefficient (Wildman–Crippen LogP) is -0.0888. The van der Waals surface area contributed by atoms with E-state index >= 15 is 0 Å². The standard InChI is InChI=1S/C9H18N4O3S/c1-8-10-9(12-11-8)7-13(2)17(14,15)6-4-5-16-3/h4-7H2,1-3H3,(H,10,11,12). The third-order valence-corrected chi connectivity index (χ3v) is 4.12. The summed E-state index contributed by atoms with van der Waals surface area (Å²) in [7, 11) is -0.192. The summed E-state index contributed by atoms with van der Waals surface area (Å²) in [5.74, 6) is 1.21. The first kappa shape index (κ1) is 14.1. The van der Waals surface area contributed by atoms with Crippen LogP contribution in [0.1, 0.15) is 18.1 Å². The molecule has 1 aromatic heterocycles. The highest BCUT2D eigenvalue weighted by Gasteiger charge is 2.19. The summed E-state index contributed by atoms with van der Waals surface area (Å²) < 4.78 is 29.7. The normalized spacial score (nSPS) is 12.2. The van der Waals surface area contributed by atoms with Crippen LogP contribution in [0.25, 0.3) is 0 Å². The van der Waals surface area contributed by atoms with E-state index in [0.717, 1.165) is 0 Å². The summed E-state index contributed by atoms with van der Waals surface area (Å²) in [5, 5.41) is 6.57. The van der Waals surface area contributed by atoms with Gasteiger partial charge in [0.25, 0.3) is 0 Å². The summed E-state index contributed by atoms with van der Waals surface area (Å²) in [6.45, 7) is 2.38. The first-order valence-corrected chi connectivity index (χ1v) is 6.87. The maximum atomic E-state index is 11.8. The van der Waals surface area contributed by atoms with Gasteiger partial charge in [0, 0.05) is 20.8 Å². The lowest BCUT2D eigenvalue weighted by atomic mass is 10.5. The quantitative estimate of drug-likeness (QED) is 0.694. The van der Waals surface area contributed by atoms with E-state index in [0.29, 0.717) is 24.7 Å². The number of sulfonamides is 1. The van der Waals surface area contributed by atoms with Gasteiger partial charge in [0.2, 0.25) is 10.0 Å². The highest BCUT2D eigenvalue weighted by Crippen LogP contribution is 2.05. The molecule has 0 fully saturated rings. The van der Waals surface area contributed by atoms with E-state index in [2.05, 4.69) is 15.2 Å². The number of H-pyrrole nitrogens is 1. The van der Waals surface area contributed by atoms with Crippen molar-refractivity contribution >= 4 is 10.0 Å². The third-order valence-electron chi connectivity index (χ3n) is 2.23. The van der Waals surface area contributed by atoms with Gasteiger partial charge in [0.1, 0.15) is 5.82 Å². The maximum Gasteiger partial charge on any atom is 0.214 e.